The van der Waals surface area contributed by atoms with Crippen molar-refractivity contribution < 1.29 is 10.4 Å². The summed E-state index contributed by atoms with van der Waals surface area (Å²) in [7, 11) is 2.01. The average Bonchev–Trinajstić information content (AvgIpc) is 2.98. The molecule has 0 amide bonds. The molecule has 2 nitrogen and oxygen atoms in total. The Balaban J connectivity index is 2.05. The van der Waals surface area contributed by atoms with Crippen molar-refractivity contribution in [1.82, 2.24) is 0 Å². The van der Waals surface area contributed by atoms with Crippen molar-refractivity contribution in [1.29, 1.82) is 0 Å². The fourth-order valence-electron chi connectivity index (χ4n) is 3.67. The minimum Gasteiger partial charge on any atom is -0.382 e. The zero-order valence-electron chi connectivity index (χ0n) is 11.0. The number of aliphatic hydroxyl groups is 1. The molecular formula is C16H22NO+. The van der Waals surface area contributed by atoms with Gasteiger partial charge in [0.1, 0.15) is 12.6 Å². The highest BCUT2D eigenvalue weighted by atomic mass is 16.3. The molecule has 1 aromatic rings. The molecule has 3 rings (SSSR count). The van der Waals surface area contributed by atoms with Crippen LogP contribution in [0.3, 0.4) is 0 Å². The second-order valence-electron chi connectivity index (χ2n) is 5.67. The molecule has 0 saturated heterocycles. The molecule has 0 heterocycles. The Hall–Kier alpha value is -1.12. The van der Waals surface area contributed by atoms with Crippen LogP contribution in [0.4, 0.5) is 0 Å². The molecular weight excluding hydrogens is 222 g/mol. The lowest BCUT2D eigenvalue weighted by molar-refractivity contribution is -0.631. The lowest BCUT2D eigenvalue weighted by Gasteiger charge is -2.22. The van der Waals surface area contributed by atoms with Gasteiger partial charge in [-0.1, -0.05) is 43.2 Å². The van der Waals surface area contributed by atoms with E-state index in [1.165, 1.54) is 36.8 Å². The third-order valence-corrected chi connectivity index (χ3v) is 4.52. The number of aliphatic hydroxyl groups excluding tert-OH is 1. The predicted octanol–water partition coefficient (Wildman–Crippen LogP) is 1.45. The lowest BCUT2D eigenvalue weighted by atomic mass is 9.81. The van der Waals surface area contributed by atoms with Crippen molar-refractivity contribution in [3.05, 3.63) is 41.5 Å². The Labute approximate surface area is 109 Å². The van der Waals surface area contributed by atoms with Crippen molar-refractivity contribution >= 4 is 5.57 Å². The molecule has 18 heavy (non-hydrogen) atoms. The van der Waals surface area contributed by atoms with Gasteiger partial charge in [0, 0.05) is 5.41 Å². The third-order valence-electron chi connectivity index (χ3n) is 4.52. The standard InChI is InChI=1S/C16H21NO/c1-17-11-15(18)13-10-16(8-4-5-9-16)14-7-3-2-6-12(13)14/h2-3,6-7,10,15,17-18H,4-5,8-9,11H2,1H3/p+1. The van der Waals surface area contributed by atoms with Gasteiger partial charge < -0.3 is 10.4 Å². The Morgan fingerprint density at radius 3 is 2.72 bits per heavy atom. The van der Waals surface area contributed by atoms with E-state index in [0.29, 0.717) is 0 Å². The first-order valence-electron chi connectivity index (χ1n) is 7.05. The number of nitrogens with two attached hydrogens (primary N) is 1. The second-order valence-corrected chi connectivity index (χ2v) is 5.67. The third kappa shape index (κ3) is 1.72. The molecule has 2 aliphatic rings. The molecule has 1 fully saturated rings. The van der Waals surface area contributed by atoms with Gasteiger partial charge in [-0.15, -0.1) is 0 Å². The van der Waals surface area contributed by atoms with Crippen molar-refractivity contribution in [2.24, 2.45) is 0 Å². The Bertz CT molecular complexity index is 472. The van der Waals surface area contributed by atoms with E-state index in [9.17, 15) is 5.11 Å². The first-order chi connectivity index (χ1) is 8.77. The number of allylic oxidation sites excluding steroid dienone is 1. The molecule has 2 aliphatic carbocycles. The van der Waals surface area contributed by atoms with E-state index in [4.69, 9.17) is 0 Å². The van der Waals surface area contributed by atoms with Crippen LogP contribution in [0.15, 0.2) is 30.3 Å². The molecule has 1 atom stereocenters. The van der Waals surface area contributed by atoms with Crippen molar-refractivity contribution in [2.75, 3.05) is 13.6 Å². The smallest absolute Gasteiger partial charge is 0.128 e. The van der Waals surface area contributed by atoms with Crippen LogP contribution in [-0.4, -0.2) is 24.8 Å². The van der Waals surface area contributed by atoms with Gasteiger partial charge in [0.05, 0.1) is 7.05 Å². The molecule has 3 N–H and O–H groups in total. The molecule has 0 aromatic heterocycles. The number of hydrogen-bond acceptors (Lipinski definition) is 1. The highest BCUT2D eigenvalue weighted by Gasteiger charge is 2.41. The van der Waals surface area contributed by atoms with Crippen molar-refractivity contribution in [3.8, 4) is 0 Å². The summed E-state index contributed by atoms with van der Waals surface area (Å²) in [4.78, 5) is 0. The van der Waals surface area contributed by atoms with Gasteiger partial charge >= 0.3 is 0 Å². The van der Waals surface area contributed by atoms with Gasteiger partial charge in [0.2, 0.25) is 0 Å². The summed E-state index contributed by atoms with van der Waals surface area (Å²) >= 11 is 0. The van der Waals surface area contributed by atoms with Gasteiger partial charge in [-0.25, -0.2) is 0 Å². The van der Waals surface area contributed by atoms with Gasteiger partial charge in [-0.05, 0) is 29.5 Å². The van der Waals surface area contributed by atoms with Crippen molar-refractivity contribution in [3.63, 3.8) is 0 Å². The topological polar surface area (TPSA) is 36.8 Å². The highest BCUT2D eigenvalue weighted by Crippen LogP contribution is 2.50. The molecule has 0 aliphatic heterocycles. The second kappa shape index (κ2) is 4.52. The summed E-state index contributed by atoms with van der Waals surface area (Å²) in [6.07, 6.45) is 7.16. The molecule has 1 aromatic carbocycles. The SMILES string of the molecule is C[NH2+]CC(O)C1=CC2(CCCC2)c2ccccc21. The summed E-state index contributed by atoms with van der Waals surface area (Å²) in [5, 5.41) is 12.4. The van der Waals surface area contributed by atoms with E-state index in [0.717, 1.165) is 12.1 Å². The minimum atomic E-state index is -0.337. The number of quaternary nitrogens is 1. The van der Waals surface area contributed by atoms with E-state index in [1.807, 2.05) is 12.4 Å². The predicted molar refractivity (Wildman–Crippen MR) is 73.3 cm³/mol. The molecule has 2 heteroatoms. The molecule has 0 bridgehead atoms. The van der Waals surface area contributed by atoms with Gasteiger partial charge in [0.25, 0.3) is 0 Å². The number of fused-ring (bicyclic) bond motifs is 2. The molecule has 0 radical (unpaired) electrons. The number of hydrogen-bond donors (Lipinski definition) is 2. The Kier molecular flexibility index (Phi) is 3.00. The zero-order valence-corrected chi connectivity index (χ0v) is 11.0. The fourth-order valence-corrected chi connectivity index (χ4v) is 3.67. The van der Waals surface area contributed by atoms with E-state index < -0.39 is 0 Å². The summed E-state index contributed by atoms with van der Waals surface area (Å²) in [6.45, 7) is 0.746. The molecule has 1 unspecified atom stereocenters. The summed E-state index contributed by atoms with van der Waals surface area (Å²) in [6, 6.07) is 8.65. The van der Waals surface area contributed by atoms with Crippen LogP contribution in [0.5, 0.6) is 0 Å². The van der Waals surface area contributed by atoms with Crippen LogP contribution >= 0.6 is 0 Å². The van der Waals surface area contributed by atoms with E-state index in [1.54, 1.807) is 0 Å². The molecule has 1 saturated carbocycles. The number of benzene rings is 1. The Morgan fingerprint density at radius 2 is 2.00 bits per heavy atom. The highest BCUT2D eigenvalue weighted by molar-refractivity contribution is 5.79. The quantitative estimate of drug-likeness (QED) is 0.829. The monoisotopic (exact) mass is 244 g/mol. The zero-order chi connectivity index (χ0) is 12.6. The Morgan fingerprint density at radius 1 is 1.28 bits per heavy atom. The normalized spacial score (nSPS) is 22.0. The van der Waals surface area contributed by atoms with Crippen molar-refractivity contribution in [2.45, 2.75) is 37.2 Å². The van der Waals surface area contributed by atoms with Crippen LogP contribution in [-0.2, 0) is 5.41 Å². The van der Waals surface area contributed by atoms with E-state index in [2.05, 4.69) is 30.3 Å². The summed E-state index contributed by atoms with van der Waals surface area (Å²) < 4.78 is 0. The maximum Gasteiger partial charge on any atom is 0.128 e. The summed E-state index contributed by atoms with van der Waals surface area (Å²) in [5.41, 5.74) is 4.13. The number of likely N-dealkylation sites (N-methyl/N-ethyl adjacent to an activating group) is 1. The van der Waals surface area contributed by atoms with Crippen LogP contribution < -0.4 is 5.32 Å². The fraction of sp³-hybridized carbons (Fsp3) is 0.500. The number of rotatable bonds is 3. The maximum atomic E-state index is 10.3. The first kappa shape index (κ1) is 11.9. The minimum absolute atomic E-state index is 0.237. The average molecular weight is 244 g/mol. The van der Waals surface area contributed by atoms with Crippen LogP contribution in [0, 0.1) is 0 Å². The summed E-state index contributed by atoms with van der Waals surface area (Å²) in [5.74, 6) is 0. The molecule has 1 spiro atoms. The van der Waals surface area contributed by atoms with Crippen LogP contribution in [0.1, 0.15) is 36.8 Å². The van der Waals surface area contributed by atoms with E-state index in [-0.39, 0.29) is 11.5 Å². The van der Waals surface area contributed by atoms with E-state index >= 15 is 0 Å². The van der Waals surface area contributed by atoms with Gasteiger partial charge in [-0.3, -0.25) is 0 Å². The first-order valence-corrected chi connectivity index (χ1v) is 7.05. The molecule has 96 valence electrons. The van der Waals surface area contributed by atoms with Gasteiger partial charge in [0.15, 0.2) is 0 Å². The maximum absolute atomic E-state index is 10.3. The lowest BCUT2D eigenvalue weighted by Crippen LogP contribution is -2.82. The largest absolute Gasteiger partial charge is 0.382 e. The van der Waals surface area contributed by atoms with Gasteiger partial charge in [-0.2, -0.15) is 0 Å². The van der Waals surface area contributed by atoms with Crippen LogP contribution in [0.25, 0.3) is 5.57 Å². The van der Waals surface area contributed by atoms with Crippen LogP contribution in [0.2, 0.25) is 0 Å².